The molecule has 1 aliphatic rings. The van der Waals surface area contributed by atoms with Crippen LogP contribution in [0.4, 0.5) is 4.39 Å². The molecular weight excluding hydrogens is 403 g/mol. The first-order valence-electron chi connectivity index (χ1n) is 10.0. The molecule has 1 saturated heterocycles. The zero-order valence-corrected chi connectivity index (χ0v) is 17.1. The number of amides is 1. The van der Waals surface area contributed by atoms with E-state index in [1.165, 1.54) is 17.7 Å². The minimum Gasteiger partial charge on any atom is -0.494 e. The summed E-state index contributed by atoms with van der Waals surface area (Å²) in [7, 11) is 1.43. The molecule has 1 aliphatic heterocycles. The van der Waals surface area contributed by atoms with Gasteiger partial charge in [-0.1, -0.05) is 18.2 Å². The molecule has 162 valence electrons. The minimum absolute atomic E-state index is 0.139. The fourth-order valence-corrected chi connectivity index (χ4v) is 3.86. The molecule has 1 aromatic heterocycles. The lowest BCUT2D eigenvalue weighted by molar-refractivity contribution is -0.133. The van der Waals surface area contributed by atoms with Gasteiger partial charge in [0.2, 0.25) is 5.91 Å². The largest absolute Gasteiger partial charge is 0.494 e. The number of hydrogen-bond acceptors (Lipinski definition) is 5. The van der Waals surface area contributed by atoms with Gasteiger partial charge in [-0.05, 0) is 29.8 Å². The van der Waals surface area contributed by atoms with Crippen molar-refractivity contribution in [2.75, 3.05) is 33.3 Å². The van der Waals surface area contributed by atoms with Gasteiger partial charge in [-0.3, -0.25) is 24.0 Å². The summed E-state index contributed by atoms with van der Waals surface area (Å²) in [6.45, 7) is 2.73. The average molecular weight is 426 g/mol. The molecule has 0 unspecified atom stereocenters. The van der Waals surface area contributed by atoms with Crippen molar-refractivity contribution in [2.24, 2.45) is 0 Å². The zero-order valence-electron chi connectivity index (χ0n) is 17.1. The molecule has 9 heteroatoms. The molecule has 3 aromatic rings. The summed E-state index contributed by atoms with van der Waals surface area (Å²) < 4.78 is 20.1. The van der Waals surface area contributed by atoms with Crippen LogP contribution in [-0.4, -0.2) is 58.5 Å². The van der Waals surface area contributed by atoms with E-state index in [0.717, 1.165) is 5.56 Å². The van der Waals surface area contributed by atoms with Gasteiger partial charge >= 0.3 is 5.69 Å². The second kappa shape index (κ2) is 8.73. The number of piperazine rings is 1. The van der Waals surface area contributed by atoms with Crippen LogP contribution in [0.2, 0.25) is 0 Å². The van der Waals surface area contributed by atoms with Gasteiger partial charge < -0.3 is 9.64 Å². The number of methoxy groups -OCH3 is 1. The summed E-state index contributed by atoms with van der Waals surface area (Å²) in [5, 5.41) is 0.367. The van der Waals surface area contributed by atoms with Gasteiger partial charge in [0.1, 0.15) is 6.54 Å². The average Bonchev–Trinajstić information content (AvgIpc) is 2.77. The number of aromatic amines is 1. The molecule has 0 saturated carbocycles. The number of halogens is 1. The van der Waals surface area contributed by atoms with Gasteiger partial charge in [0, 0.05) is 32.7 Å². The molecule has 2 aromatic carbocycles. The summed E-state index contributed by atoms with van der Waals surface area (Å²) in [6.07, 6.45) is 0. The van der Waals surface area contributed by atoms with Gasteiger partial charge in [0.05, 0.1) is 18.0 Å². The van der Waals surface area contributed by atoms with Crippen LogP contribution >= 0.6 is 0 Å². The van der Waals surface area contributed by atoms with Crippen molar-refractivity contribution in [1.29, 1.82) is 0 Å². The van der Waals surface area contributed by atoms with E-state index >= 15 is 0 Å². The number of fused-ring (bicyclic) bond motifs is 1. The molecule has 1 N–H and O–H groups in total. The van der Waals surface area contributed by atoms with Gasteiger partial charge in [0.25, 0.3) is 5.56 Å². The van der Waals surface area contributed by atoms with Crippen LogP contribution in [0.3, 0.4) is 0 Å². The van der Waals surface area contributed by atoms with Crippen molar-refractivity contribution < 1.29 is 13.9 Å². The Morgan fingerprint density at radius 3 is 2.55 bits per heavy atom. The molecular formula is C22H23FN4O4. The van der Waals surface area contributed by atoms with Gasteiger partial charge in [0.15, 0.2) is 11.6 Å². The standard InChI is InChI=1S/C22H23FN4O4/c1-31-19-7-6-15(12-17(19)23)13-25-8-10-26(11-9-25)20(28)14-27-18-5-3-2-4-16(18)21(29)24-22(27)30/h2-7,12H,8-11,13-14H2,1H3,(H,24,29,30). The van der Waals surface area contributed by atoms with Crippen molar-refractivity contribution in [3.63, 3.8) is 0 Å². The minimum atomic E-state index is -0.600. The van der Waals surface area contributed by atoms with Crippen LogP contribution < -0.4 is 16.0 Å². The molecule has 8 nitrogen and oxygen atoms in total. The van der Waals surface area contributed by atoms with Gasteiger partial charge in [-0.15, -0.1) is 0 Å². The Bertz CT molecular complexity index is 1230. The fraction of sp³-hybridized carbons (Fsp3) is 0.318. The highest BCUT2D eigenvalue weighted by molar-refractivity contribution is 5.81. The third kappa shape index (κ3) is 4.36. The zero-order chi connectivity index (χ0) is 22.0. The van der Waals surface area contributed by atoms with E-state index in [2.05, 4.69) is 9.88 Å². The van der Waals surface area contributed by atoms with E-state index in [1.807, 2.05) is 6.07 Å². The Balaban J connectivity index is 1.40. The Morgan fingerprint density at radius 1 is 1.10 bits per heavy atom. The van der Waals surface area contributed by atoms with E-state index in [0.29, 0.717) is 43.6 Å². The summed E-state index contributed by atoms with van der Waals surface area (Å²) in [6, 6.07) is 11.6. The predicted molar refractivity (Wildman–Crippen MR) is 114 cm³/mol. The van der Waals surface area contributed by atoms with E-state index in [1.54, 1.807) is 35.2 Å². The first kappa shape index (κ1) is 20.8. The highest BCUT2D eigenvalue weighted by atomic mass is 19.1. The summed E-state index contributed by atoms with van der Waals surface area (Å²) in [5.74, 6) is -0.369. The van der Waals surface area contributed by atoms with E-state index in [-0.39, 0.29) is 18.2 Å². The predicted octanol–water partition coefficient (Wildman–Crippen LogP) is 1.18. The van der Waals surface area contributed by atoms with Crippen LogP contribution in [0, 0.1) is 5.82 Å². The Labute approximate surface area is 177 Å². The molecule has 1 amide bonds. The number of aromatic nitrogens is 2. The molecule has 2 heterocycles. The van der Waals surface area contributed by atoms with Crippen molar-refractivity contribution in [1.82, 2.24) is 19.4 Å². The number of rotatable bonds is 5. The van der Waals surface area contributed by atoms with Crippen molar-refractivity contribution in [3.8, 4) is 5.75 Å². The van der Waals surface area contributed by atoms with Gasteiger partial charge in [-0.2, -0.15) is 0 Å². The first-order valence-corrected chi connectivity index (χ1v) is 10.0. The molecule has 0 bridgehead atoms. The van der Waals surface area contributed by atoms with Crippen LogP contribution in [0.1, 0.15) is 5.56 Å². The molecule has 0 spiro atoms. The molecule has 31 heavy (non-hydrogen) atoms. The summed E-state index contributed by atoms with van der Waals surface area (Å²) in [5.41, 5.74) is 0.208. The maximum atomic E-state index is 13.9. The number of carbonyl (C=O) groups excluding carboxylic acids is 1. The third-order valence-corrected chi connectivity index (χ3v) is 5.55. The maximum absolute atomic E-state index is 13.9. The third-order valence-electron chi connectivity index (χ3n) is 5.55. The lowest BCUT2D eigenvalue weighted by atomic mass is 10.2. The SMILES string of the molecule is COc1ccc(CN2CCN(C(=O)Cn3c(=O)[nH]c(=O)c4ccccc43)CC2)cc1F. The number of benzene rings is 2. The molecule has 0 aliphatic carbocycles. The Morgan fingerprint density at radius 2 is 1.84 bits per heavy atom. The van der Waals surface area contributed by atoms with E-state index in [9.17, 15) is 18.8 Å². The number of nitrogens with one attached hydrogen (secondary N) is 1. The highest BCUT2D eigenvalue weighted by Crippen LogP contribution is 2.19. The normalized spacial score (nSPS) is 14.7. The highest BCUT2D eigenvalue weighted by Gasteiger charge is 2.22. The van der Waals surface area contributed by atoms with Crippen molar-refractivity contribution >= 4 is 16.8 Å². The number of hydrogen-bond donors (Lipinski definition) is 1. The number of H-pyrrole nitrogens is 1. The number of nitrogens with zero attached hydrogens (tertiary/aromatic N) is 3. The second-order valence-corrected chi connectivity index (χ2v) is 7.49. The Hall–Kier alpha value is -3.46. The topological polar surface area (TPSA) is 87.6 Å². The lowest BCUT2D eigenvalue weighted by Crippen LogP contribution is -2.49. The smallest absolute Gasteiger partial charge is 0.329 e. The van der Waals surface area contributed by atoms with Crippen LogP contribution in [0.5, 0.6) is 5.75 Å². The summed E-state index contributed by atoms with van der Waals surface area (Å²) >= 11 is 0. The number of carbonyl (C=O) groups is 1. The Kier molecular flexibility index (Phi) is 5.85. The molecule has 0 atom stereocenters. The van der Waals surface area contributed by atoms with Crippen molar-refractivity contribution in [3.05, 3.63) is 74.7 Å². The molecule has 1 fully saturated rings. The van der Waals surface area contributed by atoms with E-state index in [4.69, 9.17) is 4.74 Å². The molecule has 0 radical (unpaired) electrons. The quantitative estimate of drug-likeness (QED) is 0.662. The second-order valence-electron chi connectivity index (χ2n) is 7.49. The van der Waals surface area contributed by atoms with E-state index < -0.39 is 17.1 Å². The maximum Gasteiger partial charge on any atom is 0.329 e. The van der Waals surface area contributed by atoms with Crippen LogP contribution in [-0.2, 0) is 17.9 Å². The number of ether oxygens (including phenoxy) is 1. The number of para-hydroxylation sites is 1. The monoisotopic (exact) mass is 426 g/mol. The van der Waals surface area contributed by atoms with Crippen LogP contribution in [0.15, 0.2) is 52.1 Å². The van der Waals surface area contributed by atoms with Crippen LogP contribution in [0.25, 0.3) is 10.9 Å². The van der Waals surface area contributed by atoms with Gasteiger partial charge in [-0.25, -0.2) is 9.18 Å². The lowest BCUT2D eigenvalue weighted by Gasteiger charge is -2.35. The molecule has 4 rings (SSSR count). The first-order chi connectivity index (χ1) is 15.0. The van der Waals surface area contributed by atoms with Crippen molar-refractivity contribution in [2.45, 2.75) is 13.1 Å². The fourth-order valence-electron chi connectivity index (χ4n) is 3.86. The summed E-state index contributed by atoms with van der Waals surface area (Å²) in [4.78, 5) is 43.2.